The van der Waals surface area contributed by atoms with Crippen LogP contribution in [0, 0.1) is 11.7 Å². The van der Waals surface area contributed by atoms with Gasteiger partial charge in [-0.05, 0) is 36.5 Å². The number of benzene rings is 1. The number of hydrogen-bond donors (Lipinski definition) is 0. The van der Waals surface area contributed by atoms with Crippen LogP contribution in [0.25, 0.3) is 0 Å². The van der Waals surface area contributed by atoms with Crippen molar-refractivity contribution in [1.82, 2.24) is 14.7 Å². The van der Waals surface area contributed by atoms with Crippen molar-refractivity contribution in [3.63, 3.8) is 0 Å². The summed E-state index contributed by atoms with van der Waals surface area (Å²) in [6, 6.07) is 6.43. The Kier molecular flexibility index (Phi) is 4.76. The van der Waals surface area contributed by atoms with Crippen LogP contribution in [0.3, 0.4) is 0 Å². The number of carbonyl (C=O) groups excluding carboxylic acids is 1. The van der Waals surface area contributed by atoms with Crippen LogP contribution < -0.4 is 0 Å². The van der Waals surface area contributed by atoms with E-state index in [0.717, 1.165) is 49.2 Å². The van der Waals surface area contributed by atoms with Crippen LogP contribution in [-0.2, 0) is 24.3 Å². The van der Waals surface area contributed by atoms with Gasteiger partial charge in [0.15, 0.2) is 5.69 Å². The Hall–Kier alpha value is -2.21. The summed E-state index contributed by atoms with van der Waals surface area (Å²) in [7, 11) is 0. The number of ether oxygens (including phenoxy) is 1. The van der Waals surface area contributed by atoms with Crippen molar-refractivity contribution in [3.8, 4) is 0 Å². The first-order chi connectivity index (χ1) is 12.6. The number of carbonyl (C=O) groups is 1. The number of aromatic nitrogens is 2. The van der Waals surface area contributed by atoms with Crippen molar-refractivity contribution in [2.75, 3.05) is 19.7 Å². The Morgan fingerprint density at radius 3 is 2.73 bits per heavy atom. The van der Waals surface area contributed by atoms with E-state index in [1.54, 1.807) is 12.1 Å². The summed E-state index contributed by atoms with van der Waals surface area (Å²) in [5, 5.41) is 4.66. The molecule has 0 N–H and O–H groups in total. The van der Waals surface area contributed by atoms with Crippen LogP contribution in [0.1, 0.15) is 47.1 Å². The second-order valence-electron chi connectivity index (χ2n) is 7.34. The van der Waals surface area contributed by atoms with Crippen LogP contribution >= 0.6 is 0 Å². The van der Waals surface area contributed by atoms with Gasteiger partial charge in [-0.25, -0.2) is 4.39 Å². The van der Waals surface area contributed by atoms with Gasteiger partial charge in [-0.15, -0.1) is 0 Å². The van der Waals surface area contributed by atoms with Gasteiger partial charge >= 0.3 is 0 Å². The molecule has 0 spiro atoms. The van der Waals surface area contributed by atoms with Gasteiger partial charge in [0.2, 0.25) is 0 Å². The first-order valence-corrected chi connectivity index (χ1v) is 9.32. The predicted molar refractivity (Wildman–Crippen MR) is 95.4 cm³/mol. The van der Waals surface area contributed by atoms with E-state index in [9.17, 15) is 9.18 Å². The molecule has 2 aliphatic heterocycles. The highest BCUT2D eigenvalue weighted by Gasteiger charge is 2.30. The number of hydrogen-bond acceptors (Lipinski definition) is 3. The normalized spacial score (nSPS) is 18.0. The lowest BCUT2D eigenvalue weighted by Crippen LogP contribution is -2.38. The van der Waals surface area contributed by atoms with E-state index in [1.165, 1.54) is 12.1 Å². The summed E-state index contributed by atoms with van der Waals surface area (Å²) in [5.41, 5.74) is 3.47. The van der Waals surface area contributed by atoms with E-state index >= 15 is 0 Å². The first-order valence-electron chi connectivity index (χ1n) is 9.32. The third-order valence-corrected chi connectivity index (χ3v) is 5.42. The standard InChI is InChI=1S/C20H24FN3O2/c1-14-6-9-23(10-7-14)20(25)19-17-13-26-11-8-18(17)24(22-19)12-15-2-4-16(21)5-3-15/h2-5,14H,6-13H2,1H3. The lowest BCUT2D eigenvalue weighted by molar-refractivity contribution is 0.0679. The van der Waals surface area contributed by atoms with E-state index < -0.39 is 0 Å². The van der Waals surface area contributed by atoms with Gasteiger partial charge in [-0.2, -0.15) is 5.10 Å². The Bertz CT molecular complexity index is 792. The fourth-order valence-electron chi connectivity index (χ4n) is 3.74. The summed E-state index contributed by atoms with van der Waals surface area (Å²) in [6.45, 7) is 5.42. The highest BCUT2D eigenvalue weighted by atomic mass is 19.1. The molecule has 5 nitrogen and oxygen atoms in total. The number of amides is 1. The van der Waals surface area contributed by atoms with E-state index in [1.807, 2.05) is 9.58 Å². The Morgan fingerprint density at radius 2 is 2.00 bits per heavy atom. The lowest BCUT2D eigenvalue weighted by Gasteiger charge is -2.30. The molecule has 0 radical (unpaired) electrons. The molecule has 4 rings (SSSR count). The van der Waals surface area contributed by atoms with Crippen molar-refractivity contribution in [3.05, 3.63) is 52.6 Å². The van der Waals surface area contributed by atoms with E-state index in [4.69, 9.17) is 4.74 Å². The van der Waals surface area contributed by atoms with Gasteiger partial charge in [0.05, 0.1) is 19.8 Å². The average molecular weight is 357 g/mol. The third-order valence-electron chi connectivity index (χ3n) is 5.42. The fourth-order valence-corrected chi connectivity index (χ4v) is 3.74. The van der Waals surface area contributed by atoms with E-state index in [2.05, 4.69) is 12.0 Å². The maximum Gasteiger partial charge on any atom is 0.274 e. The van der Waals surface area contributed by atoms with Crippen molar-refractivity contribution < 1.29 is 13.9 Å². The number of halogens is 1. The number of nitrogens with zero attached hydrogens (tertiary/aromatic N) is 3. The SMILES string of the molecule is CC1CCN(C(=O)c2nn(Cc3ccc(F)cc3)c3c2COCC3)CC1. The molecule has 0 bridgehead atoms. The molecule has 1 fully saturated rings. The smallest absolute Gasteiger partial charge is 0.274 e. The van der Waals surface area contributed by atoms with Crippen LogP contribution in [0.4, 0.5) is 4.39 Å². The highest BCUT2D eigenvalue weighted by molar-refractivity contribution is 5.94. The second kappa shape index (κ2) is 7.19. The largest absolute Gasteiger partial charge is 0.376 e. The van der Waals surface area contributed by atoms with Gasteiger partial charge in [-0.3, -0.25) is 9.48 Å². The molecule has 1 aromatic heterocycles. The topological polar surface area (TPSA) is 47.4 Å². The summed E-state index contributed by atoms with van der Waals surface area (Å²) in [4.78, 5) is 14.9. The minimum atomic E-state index is -0.250. The predicted octanol–water partition coefficient (Wildman–Crippen LogP) is 3.02. The maximum absolute atomic E-state index is 13.2. The molecule has 26 heavy (non-hydrogen) atoms. The van der Waals surface area contributed by atoms with E-state index in [0.29, 0.717) is 31.4 Å². The Balaban J connectivity index is 1.62. The molecule has 0 aliphatic carbocycles. The Morgan fingerprint density at radius 1 is 1.27 bits per heavy atom. The molecule has 6 heteroatoms. The zero-order chi connectivity index (χ0) is 18.1. The van der Waals surface area contributed by atoms with Crippen molar-refractivity contribution in [2.45, 2.75) is 39.3 Å². The number of likely N-dealkylation sites (tertiary alicyclic amines) is 1. The summed E-state index contributed by atoms with van der Waals surface area (Å²) in [5.74, 6) is 0.434. The zero-order valence-electron chi connectivity index (χ0n) is 15.1. The van der Waals surface area contributed by atoms with Gasteiger partial charge in [0.1, 0.15) is 5.82 Å². The van der Waals surface area contributed by atoms with Gasteiger partial charge in [0, 0.05) is 30.8 Å². The molecule has 0 unspecified atom stereocenters. The van der Waals surface area contributed by atoms with Crippen molar-refractivity contribution in [1.29, 1.82) is 0 Å². The minimum Gasteiger partial charge on any atom is -0.376 e. The molecular weight excluding hydrogens is 333 g/mol. The van der Waals surface area contributed by atoms with Crippen LogP contribution in [0.15, 0.2) is 24.3 Å². The summed E-state index contributed by atoms with van der Waals surface area (Å²) in [6.07, 6.45) is 2.83. The molecule has 1 saturated heterocycles. The van der Waals surface area contributed by atoms with Gasteiger partial charge < -0.3 is 9.64 Å². The second-order valence-corrected chi connectivity index (χ2v) is 7.34. The van der Waals surface area contributed by atoms with Crippen molar-refractivity contribution in [2.24, 2.45) is 5.92 Å². The Labute approximate surface area is 152 Å². The highest BCUT2D eigenvalue weighted by Crippen LogP contribution is 2.25. The lowest BCUT2D eigenvalue weighted by atomic mass is 9.98. The third kappa shape index (κ3) is 3.38. The fraction of sp³-hybridized carbons (Fsp3) is 0.500. The van der Waals surface area contributed by atoms with Crippen LogP contribution in [0.5, 0.6) is 0 Å². The molecule has 1 amide bonds. The van der Waals surface area contributed by atoms with Gasteiger partial charge in [0.25, 0.3) is 5.91 Å². The molecule has 0 saturated carbocycles. The van der Waals surface area contributed by atoms with Crippen LogP contribution in [0.2, 0.25) is 0 Å². The van der Waals surface area contributed by atoms with E-state index in [-0.39, 0.29) is 11.7 Å². The maximum atomic E-state index is 13.2. The molecule has 138 valence electrons. The molecule has 3 heterocycles. The summed E-state index contributed by atoms with van der Waals surface area (Å²) >= 11 is 0. The molecule has 0 atom stereocenters. The summed E-state index contributed by atoms with van der Waals surface area (Å²) < 4.78 is 20.6. The number of rotatable bonds is 3. The first kappa shape index (κ1) is 17.2. The van der Waals surface area contributed by atoms with Gasteiger partial charge in [-0.1, -0.05) is 19.1 Å². The number of piperidine rings is 1. The minimum absolute atomic E-state index is 0.0107. The molecule has 2 aliphatic rings. The number of fused-ring (bicyclic) bond motifs is 1. The van der Waals surface area contributed by atoms with Crippen LogP contribution in [-0.4, -0.2) is 40.3 Å². The molecule has 2 aromatic rings. The zero-order valence-corrected chi connectivity index (χ0v) is 15.1. The molecular formula is C20H24FN3O2. The quantitative estimate of drug-likeness (QED) is 0.848. The molecule has 1 aromatic carbocycles. The monoisotopic (exact) mass is 357 g/mol. The average Bonchev–Trinajstić information content (AvgIpc) is 3.02. The van der Waals surface area contributed by atoms with Crippen molar-refractivity contribution >= 4 is 5.91 Å².